The fourth-order valence-electron chi connectivity index (χ4n) is 4.63. The Labute approximate surface area is 231 Å². The monoisotopic (exact) mass is 551 g/mol. The highest BCUT2D eigenvalue weighted by Crippen LogP contribution is 2.35. The highest BCUT2D eigenvalue weighted by molar-refractivity contribution is 7.09. The second-order valence-corrected chi connectivity index (χ2v) is 10.2. The largest absolute Gasteiger partial charge is 0.494 e. The molecule has 1 aromatic heterocycles. The van der Waals surface area contributed by atoms with Gasteiger partial charge in [0, 0.05) is 18.8 Å². The van der Waals surface area contributed by atoms with E-state index in [-0.39, 0.29) is 28.3 Å². The Hall–Kier alpha value is -3.96. The maximum Gasteiger partial charge on any atom is 0.273 e. The predicted molar refractivity (Wildman–Crippen MR) is 150 cm³/mol. The number of nitrogens with one attached hydrogen (secondary N) is 1. The number of primary amides is 1. The maximum absolute atomic E-state index is 14.2. The van der Waals surface area contributed by atoms with Crippen molar-refractivity contribution in [3.63, 3.8) is 0 Å². The molecule has 0 unspecified atom stereocenters. The van der Waals surface area contributed by atoms with Gasteiger partial charge in [-0.3, -0.25) is 19.3 Å². The first-order chi connectivity index (χ1) is 18.7. The quantitative estimate of drug-likeness (QED) is 0.349. The molecule has 2 atom stereocenters. The van der Waals surface area contributed by atoms with Crippen molar-refractivity contribution in [2.24, 2.45) is 5.73 Å². The van der Waals surface area contributed by atoms with E-state index >= 15 is 0 Å². The molecule has 2 heterocycles. The predicted octanol–water partition coefficient (Wildman–Crippen LogP) is 3.52. The van der Waals surface area contributed by atoms with Crippen molar-refractivity contribution in [1.29, 1.82) is 0 Å². The number of rotatable bonds is 10. The molecule has 4 rings (SSSR count). The van der Waals surface area contributed by atoms with Crippen LogP contribution >= 0.6 is 11.5 Å². The first-order valence-corrected chi connectivity index (χ1v) is 13.6. The molecular weight excluding hydrogens is 518 g/mol. The van der Waals surface area contributed by atoms with Crippen molar-refractivity contribution in [2.75, 3.05) is 30.4 Å². The number of carbonyl (C=O) groups is 3. The van der Waals surface area contributed by atoms with Gasteiger partial charge in [-0.15, -0.1) is 0 Å². The van der Waals surface area contributed by atoms with Crippen molar-refractivity contribution in [2.45, 2.75) is 45.8 Å². The van der Waals surface area contributed by atoms with Crippen molar-refractivity contribution in [1.82, 2.24) is 9.69 Å². The number of nitrogens with two attached hydrogens (primary N) is 2. The van der Waals surface area contributed by atoms with E-state index < -0.39 is 17.9 Å². The lowest BCUT2D eigenvalue weighted by molar-refractivity contribution is -0.123. The van der Waals surface area contributed by atoms with Gasteiger partial charge in [0.25, 0.3) is 11.8 Å². The SMILES string of the molecule is CCOc1ccc([C@H](C(=O)NC[C@@H]2CCCO2)N(C(=O)c2snc(C(N)=O)c2N)c2ccc(C)cc2C)cc1. The van der Waals surface area contributed by atoms with Gasteiger partial charge in [-0.25, -0.2) is 0 Å². The number of nitrogens with zero attached hydrogens (tertiary/aromatic N) is 2. The number of aryl methyl sites for hydroxylation is 2. The van der Waals surface area contributed by atoms with Gasteiger partial charge in [0.1, 0.15) is 16.7 Å². The normalized spacial score (nSPS) is 15.5. The van der Waals surface area contributed by atoms with Gasteiger partial charge in [-0.2, -0.15) is 4.37 Å². The first kappa shape index (κ1) is 28.1. The molecule has 0 radical (unpaired) electrons. The Bertz CT molecular complexity index is 1350. The molecule has 1 aliphatic rings. The summed E-state index contributed by atoms with van der Waals surface area (Å²) in [5.41, 5.74) is 14.1. The Morgan fingerprint density at radius 3 is 2.54 bits per heavy atom. The number of nitrogen functional groups attached to an aromatic ring is 1. The minimum atomic E-state index is -1.07. The number of amides is 3. The van der Waals surface area contributed by atoms with E-state index in [0.717, 1.165) is 35.5 Å². The Balaban J connectivity index is 1.83. The third-order valence-corrected chi connectivity index (χ3v) is 7.38. The highest BCUT2D eigenvalue weighted by atomic mass is 32.1. The lowest BCUT2D eigenvalue weighted by atomic mass is 10.00. The van der Waals surface area contributed by atoms with Crippen LogP contribution in [0.4, 0.5) is 11.4 Å². The van der Waals surface area contributed by atoms with Gasteiger partial charge in [0.2, 0.25) is 5.91 Å². The number of aromatic nitrogens is 1. The smallest absolute Gasteiger partial charge is 0.273 e. The van der Waals surface area contributed by atoms with Crippen LogP contribution in [0.25, 0.3) is 0 Å². The molecule has 10 nitrogen and oxygen atoms in total. The molecule has 206 valence electrons. The van der Waals surface area contributed by atoms with Crippen molar-refractivity contribution >= 4 is 40.6 Å². The van der Waals surface area contributed by atoms with Crippen LogP contribution in [-0.4, -0.2) is 48.0 Å². The van der Waals surface area contributed by atoms with Gasteiger partial charge in [0.05, 0.1) is 18.4 Å². The summed E-state index contributed by atoms with van der Waals surface area (Å²) >= 11 is 0.773. The van der Waals surface area contributed by atoms with E-state index in [1.165, 1.54) is 4.90 Å². The maximum atomic E-state index is 14.2. The van der Waals surface area contributed by atoms with E-state index in [1.54, 1.807) is 30.3 Å². The Morgan fingerprint density at radius 1 is 1.21 bits per heavy atom. The molecule has 0 aliphatic carbocycles. The number of hydrogen-bond donors (Lipinski definition) is 3. The molecule has 1 aliphatic heterocycles. The summed E-state index contributed by atoms with van der Waals surface area (Å²) in [4.78, 5) is 41.4. The molecule has 3 aromatic rings. The van der Waals surface area contributed by atoms with Gasteiger partial charge >= 0.3 is 0 Å². The molecular formula is C28H33N5O5S. The molecule has 1 saturated heterocycles. The molecule has 0 spiro atoms. The molecule has 11 heteroatoms. The second-order valence-electron chi connectivity index (χ2n) is 9.39. The summed E-state index contributed by atoms with van der Waals surface area (Å²) in [6.07, 6.45) is 1.69. The van der Waals surface area contributed by atoms with E-state index in [2.05, 4.69) is 9.69 Å². The highest BCUT2D eigenvalue weighted by Gasteiger charge is 2.37. The standard InChI is InChI=1S/C28H33N5O5S/c1-4-37-19-10-8-18(9-11-19)24(27(35)31-15-20-6-5-13-38-20)33(21-12-7-16(2)14-17(21)3)28(36)25-22(29)23(26(30)34)32-39-25/h7-12,14,20,24H,4-6,13,15,29H2,1-3H3,(H2,30,34)(H,31,35)/t20-,24+/m0/s1. The summed E-state index contributed by atoms with van der Waals surface area (Å²) < 4.78 is 15.3. The van der Waals surface area contributed by atoms with Crippen molar-refractivity contribution in [3.8, 4) is 5.75 Å². The lowest BCUT2D eigenvalue weighted by Gasteiger charge is -2.32. The fourth-order valence-corrected chi connectivity index (χ4v) is 5.37. The van der Waals surface area contributed by atoms with E-state index in [1.807, 2.05) is 32.9 Å². The zero-order valence-electron chi connectivity index (χ0n) is 22.2. The van der Waals surface area contributed by atoms with Crippen molar-refractivity contribution in [3.05, 3.63) is 69.7 Å². The number of carbonyl (C=O) groups excluding carboxylic acids is 3. The average Bonchev–Trinajstić information content (AvgIpc) is 3.56. The van der Waals surface area contributed by atoms with Gasteiger partial charge < -0.3 is 26.3 Å². The summed E-state index contributed by atoms with van der Waals surface area (Å²) in [5.74, 6) is -1.16. The zero-order valence-corrected chi connectivity index (χ0v) is 23.0. The van der Waals surface area contributed by atoms with Gasteiger partial charge in [-0.05, 0) is 74.5 Å². The molecule has 0 saturated carbocycles. The minimum absolute atomic E-state index is 0.0200. The van der Waals surface area contributed by atoms with Crippen LogP contribution in [-0.2, 0) is 9.53 Å². The van der Waals surface area contributed by atoms with E-state index in [0.29, 0.717) is 36.8 Å². The van der Waals surface area contributed by atoms with Gasteiger partial charge in [-0.1, -0.05) is 29.8 Å². The van der Waals surface area contributed by atoms with Crippen molar-refractivity contribution < 1.29 is 23.9 Å². The minimum Gasteiger partial charge on any atom is -0.494 e. The Kier molecular flexibility index (Phi) is 8.82. The Morgan fingerprint density at radius 2 is 1.95 bits per heavy atom. The first-order valence-electron chi connectivity index (χ1n) is 12.8. The third kappa shape index (κ3) is 6.21. The van der Waals surface area contributed by atoms with Crippen LogP contribution in [0.3, 0.4) is 0 Å². The topological polar surface area (TPSA) is 150 Å². The number of hydrogen-bond acceptors (Lipinski definition) is 8. The number of ether oxygens (including phenoxy) is 2. The van der Waals surface area contributed by atoms with Crippen LogP contribution < -0.4 is 26.4 Å². The summed E-state index contributed by atoms with van der Waals surface area (Å²) in [7, 11) is 0. The molecule has 2 aromatic carbocycles. The van der Waals surface area contributed by atoms with Crippen LogP contribution in [0.1, 0.15) is 62.7 Å². The lowest BCUT2D eigenvalue weighted by Crippen LogP contribution is -2.46. The summed E-state index contributed by atoms with van der Waals surface area (Å²) in [6.45, 7) is 7.16. The number of benzene rings is 2. The molecule has 1 fully saturated rings. The third-order valence-electron chi connectivity index (χ3n) is 6.53. The molecule has 39 heavy (non-hydrogen) atoms. The van der Waals surface area contributed by atoms with Crippen LogP contribution in [0.5, 0.6) is 5.75 Å². The van der Waals surface area contributed by atoms with Crippen LogP contribution in [0.2, 0.25) is 0 Å². The number of anilines is 2. The summed E-state index contributed by atoms with van der Waals surface area (Å²) in [5, 5.41) is 2.98. The molecule has 0 bridgehead atoms. The average molecular weight is 552 g/mol. The van der Waals surface area contributed by atoms with Gasteiger partial charge in [0.15, 0.2) is 5.69 Å². The molecule has 5 N–H and O–H groups in total. The van der Waals surface area contributed by atoms with Crippen LogP contribution in [0.15, 0.2) is 42.5 Å². The fraction of sp³-hybridized carbons (Fsp3) is 0.357. The van der Waals surface area contributed by atoms with E-state index in [4.69, 9.17) is 20.9 Å². The molecule has 3 amide bonds. The van der Waals surface area contributed by atoms with E-state index in [9.17, 15) is 14.4 Å². The zero-order chi connectivity index (χ0) is 28.1. The van der Waals surface area contributed by atoms with Crippen LogP contribution in [0, 0.1) is 13.8 Å². The summed E-state index contributed by atoms with van der Waals surface area (Å²) in [6, 6.07) is 11.6. The second kappa shape index (κ2) is 12.3.